The van der Waals surface area contributed by atoms with Gasteiger partial charge in [-0.2, -0.15) is 5.10 Å². The molecule has 0 aliphatic heterocycles. The first kappa shape index (κ1) is 12.6. The van der Waals surface area contributed by atoms with Crippen LogP contribution in [0.2, 0.25) is 0 Å². The Hall–Kier alpha value is -0.870. The molecule has 1 N–H and O–H groups in total. The lowest BCUT2D eigenvalue weighted by Crippen LogP contribution is -2.32. The molecule has 0 radical (unpaired) electrons. The molecule has 1 atom stereocenters. The number of aromatic nitrogens is 2. The third kappa shape index (κ3) is 4.13. The monoisotopic (exact) mass is 236 g/mol. The zero-order chi connectivity index (χ0) is 12.3. The van der Waals surface area contributed by atoms with Crippen LogP contribution in [0.3, 0.4) is 0 Å². The van der Waals surface area contributed by atoms with Crippen molar-refractivity contribution in [1.82, 2.24) is 20.0 Å². The van der Waals surface area contributed by atoms with Crippen molar-refractivity contribution in [3.05, 3.63) is 18.0 Å². The van der Waals surface area contributed by atoms with Crippen LogP contribution < -0.4 is 5.32 Å². The van der Waals surface area contributed by atoms with Crippen molar-refractivity contribution in [2.45, 2.75) is 44.8 Å². The zero-order valence-electron chi connectivity index (χ0n) is 11.2. The van der Waals surface area contributed by atoms with Crippen molar-refractivity contribution in [2.75, 3.05) is 13.6 Å². The molecule has 0 amide bonds. The molecule has 0 bridgehead atoms. The third-order valence-corrected chi connectivity index (χ3v) is 3.52. The second kappa shape index (κ2) is 5.65. The van der Waals surface area contributed by atoms with Gasteiger partial charge in [0, 0.05) is 37.4 Å². The predicted octanol–water partition coefficient (Wildman–Crippen LogP) is 1.38. The molecule has 0 aromatic carbocycles. The van der Waals surface area contributed by atoms with Gasteiger partial charge in [0.2, 0.25) is 0 Å². The number of rotatable bonds is 7. The fourth-order valence-corrected chi connectivity index (χ4v) is 2.00. The maximum atomic E-state index is 4.20. The Bertz CT molecular complexity index is 343. The quantitative estimate of drug-likeness (QED) is 0.776. The molecule has 1 saturated carbocycles. The predicted molar refractivity (Wildman–Crippen MR) is 69.8 cm³/mol. The highest BCUT2D eigenvalue weighted by molar-refractivity contribution is 5.03. The second-order valence-electron chi connectivity index (χ2n) is 5.30. The first-order valence-corrected chi connectivity index (χ1v) is 6.56. The Balaban J connectivity index is 1.68. The molecule has 17 heavy (non-hydrogen) atoms. The smallest absolute Gasteiger partial charge is 0.0534 e. The molecule has 2 rings (SSSR count). The highest BCUT2D eigenvalue weighted by Crippen LogP contribution is 2.18. The van der Waals surface area contributed by atoms with Gasteiger partial charge in [0.25, 0.3) is 0 Å². The molecule has 1 heterocycles. The molecule has 1 aromatic heterocycles. The van der Waals surface area contributed by atoms with Crippen molar-refractivity contribution < 1.29 is 0 Å². The van der Waals surface area contributed by atoms with Crippen LogP contribution in [0.5, 0.6) is 0 Å². The molecule has 4 nitrogen and oxygen atoms in total. The van der Waals surface area contributed by atoms with E-state index in [9.17, 15) is 0 Å². The van der Waals surface area contributed by atoms with E-state index in [1.54, 1.807) is 0 Å². The first-order valence-electron chi connectivity index (χ1n) is 6.56. The van der Waals surface area contributed by atoms with E-state index in [-0.39, 0.29) is 0 Å². The molecule has 0 spiro atoms. The van der Waals surface area contributed by atoms with E-state index >= 15 is 0 Å². The van der Waals surface area contributed by atoms with Gasteiger partial charge >= 0.3 is 0 Å². The number of nitrogens with one attached hydrogen (secondary N) is 1. The van der Waals surface area contributed by atoms with Gasteiger partial charge in [0.15, 0.2) is 0 Å². The zero-order valence-corrected chi connectivity index (χ0v) is 11.2. The highest BCUT2D eigenvalue weighted by Gasteiger charge is 2.20. The van der Waals surface area contributed by atoms with Crippen LogP contribution in [0.4, 0.5) is 0 Å². The molecular formula is C13H24N4. The maximum absolute atomic E-state index is 4.20. The number of hydrogen-bond acceptors (Lipinski definition) is 3. The fraction of sp³-hybridized carbons (Fsp3) is 0.769. The average Bonchev–Trinajstić information content (AvgIpc) is 3.02. The van der Waals surface area contributed by atoms with Crippen LogP contribution in [0, 0.1) is 0 Å². The Labute approximate surface area is 104 Å². The Kier molecular flexibility index (Phi) is 4.18. The first-order chi connectivity index (χ1) is 8.15. The lowest BCUT2D eigenvalue weighted by molar-refractivity contribution is 0.236. The summed E-state index contributed by atoms with van der Waals surface area (Å²) in [4.78, 5) is 2.39. The Morgan fingerprint density at radius 3 is 2.94 bits per heavy atom. The molecule has 1 aromatic rings. The third-order valence-electron chi connectivity index (χ3n) is 3.52. The van der Waals surface area contributed by atoms with E-state index in [1.165, 1.54) is 24.8 Å². The Morgan fingerprint density at radius 1 is 1.59 bits per heavy atom. The van der Waals surface area contributed by atoms with E-state index in [0.29, 0.717) is 6.04 Å². The van der Waals surface area contributed by atoms with Gasteiger partial charge in [-0.3, -0.25) is 9.58 Å². The SMILES string of the molecule is CC(CCNC1CC1)N(C)Cc1cnn(C)c1. The van der Waals surface area contributed by atoms with E-state index in [2.05, 4.69) is 35.5 Å². The van der Waals surface area contributed by atoms with Gasteiger partial charge in [-0.15, -0.1) is 0 Å². The van der Waals surface area contributed by atoms with E-state index in [1.807, 2.05) is 17.9 Å². The fourth-order valence-electron chi connectivity index (χ4n) is 2.00. The minimum atomic E-state index is 0.612. The van der Waals surface area contributed by atoms with Gasteiger partial charge in [-0.1, -0.05) is 0 Å². The van der Waals surface area contributed by atoms with Crippen molar-refractivity contribution in [3.63, 3.8) is 0 Å². The lowest BCUT2D eigenvalue weighted by atomic mass is 10.2. The summed E-state index contributed by atoms with van der Waals surface area (Å²) in [6.45, 7) is 4.42. The number of nitrogens with zero attached hydrogens (tertiary/aromatic N) is 3. The van der Waals surface area contributed by atoms with Gasteiger partial charge in [-0.05, 0) is 39.8 Å². The maximum Gasteiger partial charge on any atom is 0.0534 e. The van der Waals surface area contributed by atoms with Crippen LogP contribution in [0.25, 0.3) is 0 Å². The minimum absolute atomic E-state index is 0.612. The molecule has 1 unspecified atom stereocenters. The van der Waals surface area contributed by atoms with Crippen molar-refractivity contribution in [1.29, 1.82) is 0 Å². The summed E-state index contributed by atoms with van der Waals surface area (Å²) < 4.78 is 1.86. The van der Waals surface area contributed by atoms with Crippen molar-refractivity contribution >= 4 is 0 Å². The van der Waals surface area contributed by atoms with E-state index < -0.39 is 0 Å². The summed E-state index contributed by atoms with van der Waals surface area (Å²) in [7, 11) is 4.15. The summed E-state index contributed by atoms with van der Waals surface area (Å²) in [5.41, 5.74) is 1.29. The molecule has 96 valence electrons. The summed E-state index contributed by atoms with van der Waals surface area (Å²) in [5.74, 6) is 0. The van der Waals surface area contributed by atoms with Gasteiger partial charge in [0.05, 0.1) is 6.20 Å². The van der Waals surface area contributed by atoms with Crippen LogP contribution in [-0.4, -0.2) is 40.4 Å². The lowest BCUT2D eigenvalue weighted by Gasteiger charge is -2.24. The number of aryl methyl sites for hydroxylation is 1. The summed E-state index contributed by atoms with van der Waals surface area (Å²) >= 11 is 0. The van der Waals surface area contributed by atoms with Crippen molar-refractivity contribution in [2.24, 2.45) is 7.05 Å². The number of hydrogen-bond donors (Lipinski definition) is 1. The summed E-state index contributed by atoms with van der Waals surface area (Å²) in [6, 6.07) is 1.44. The van der Waals surface area contributed by atoms with E-state index in [4.69, 9.17) is 0 Å². The van der Waals surface area contributed by atoms with Gasteiger partial charge < -0.3 is 5.32 Å². The topological polar surface area (TPSA) is 33.1 Å². The molecule has 0 saturated heterocycles. The molecule has 1 fully saturated rings. The summed E-state index contributed by atoms with van der Waals surface area (Å²) in [5, 5.41) is 7.77. The summed E-state index contributed by atoms with van der Waals surface area (Å²) in [6.07, 6.45) is 8.00. The van der Waals surface area contributed by atoms with Crippen LogP contribution >= 0.6 is 0 Å². The van der Waals surface area contributed by atoms with E-state index in [0.717, 1.165) is 19.1 Å². The van der Waals surface area contributed by atoms with Crippen molar-refractivity contribution in [3.8, 4) is 0 Å². The normalized spacial score (nSPS) is 17.6. The second-order valence-corrected chi connectivity index (χ2v) is 5.30. The van der Waals surface area contributed by atoms with Gasteiger partial charge in [-0.25, -0.2) is 0 Å². The van der Waals surface area contributed by atoms with Crippen LogP contribution in [0.15, 0.2) is 12.4 Å². The average molecular weight is 236 g/mol. The van der Waals surface area contributed by atoms with Crippen LogP contribution in [0.1, 0.15) is 31.7 Å². The molecular weight excluding hydrogens is 212 g/mol. The molecule has 4 heteroatoms. The van der Waals surface area contributed by atoms with Crippen LogP contribution in [-0.2, 0) is 13.6 Å². The standard InChI is InChI=1S/C13H24N4/c1-11(6-7-14-13-4-5-13)16(2)9-12-8-15-17(3)10-12/h8,10-11,13-14H,4-7,9H2,1-3H3. The largest absolute Gasteiger partial charge is 0.314 e. The Morgan fingerprint density at radius 2 is 2.35 bits per heavy atom. The van der Waals surface area contributed by atoms with Gasteiger partial charge in [0.1, 0.15) is 0 Å². The minimum Gasteiger partial charge on any atom is -0.314 e. The molecule has 1 aliphatic rings. The highest BCUT2D eigenvalue weighted by atomic mass is 15.2. The molecule has 1 aliphatic carbocycles.